The van der Waals surface area contributed by atoms with Crippen LogP contribution in [0.4, 0.5) is 0 Å². The molecule has 0 aliphatic heterocycles. The molecule has 2 nitrogen and oxygen atoms in total. The van der Waals surface area contributed by atoms with Crippen LogP contribution in [0.15, 0.2) is 12.5 Å². The maximum absolute atomic E-state index is 4.66. The summed E-state index contributed by atoms with van der Waals surface area (Å²) in [6, 6.07) is 0. The van der Waals surface area contributed by atoms with Crippen molar-refractivity contribution in [2.75, 3.05) is 0 Å². The molecule has 1 heterocycles. The van der Waals surface area contributed by atoms with Gasteiger partial charge in [0.1, 0.15) is 0 Å². The van der Waals surface area contributed by atoms with Crippen LogP contribution in [-0.2, 0) is 12.6 Å². The summed E-state index contributed by atoms with van der Waals surface area (Å²) in [5, 5.41) is 0. The van der Waals surface area contributed by atoms with E-state index in [1.165, 1.54) is 0 Å². The van der Waals surface area contributed by atoms with Gasteiger partial charge in [0.2, 0.25) is 0 Å². The van der Waals surface area contributed by atoms with Crippen LogP contribution in [0.5, 0.6) is 0 Å². The van der Waals surface area contributed by atoms with Crippen molar-refractivity contribution in [2.45, 2.75) is 0 Å². The van der Waals surface area contributed by atoms with Crippen molar-refractivity contribution in [1.29, 1.82) is 0 Å². The van der Waals surface area contributed by atoms with Crippen molar-refractivity contribution in [3.8, 4) is 0 Å². The average Bonchev–Trinajstić information content (AvgIpc) is 2.12. The second-order valence-corrected chi connectivity index (χ2v) is 2.33. The molecule has 0 aliphatic rings. The molecule has 0 atom stereocenters. The van der Waals surface area contributed by atoms with Gasteiger partial charge in [0.15, 0.2) is 0 Å². The summed E-state index contributed by atoms with van der Waals surface area (Å²) in [6.45, 7) is 0. The Balaban J connectivity index is 0.000000640. The number of hydrogen-bond acceptors (Lipinski definition) is 3. The van der Waals surface area contributed by atoms with Crippen LogP contribution in [0.2, 0.25) is 0 Å². The minimum Gasteiger partial charge on any atom is -0.427 e. The maximum Gasteiger partial charge on any atom is 1.00 e. The molecule has 1 aromatic heterocycles. The van der Waals surface area contributed by atoms with Crippen LogP contribution in [-0.4, -0.2) is 14.2 Å². The predicted octanol–water partition coefficient (Wildman–Crippen LogP) is -2.36. The van der Waals surface area contributed by atoms with Crippen molar-refractivity contribution in [2.24, 2.45) is 0 Å². The van der Waals surface area contributed by atoms with E-state index in [0.717, 1.165) is 5.69 Å². The minimum absolute atomic E-state index is 0. The zero-order chi connectivity index (χ0) is 5.98. The van der Waals surface area contributed by atoms with E-state index in [2.05, 4.69) is 34.8 Å². The fourth-order valence-electron chi connectivity index (χ4n) is 0.368. The molecule has 0 spiro atoms. The zero-order valence-corrected chi connectivity index (χ0v) is 8.55. The molecule has 9 heavy (non-hydrogen) atoms. The Bertz CT molecular complexity index is 184. The first kappa shape index (κ1) is 9.52. The number of H-pyrrole nitrogens is 1. The SMILES string of the molecule is S=C([S-])c1cnc[nH]1.[Na+]. The van der Waals surface area contributed by atoms with Gasteiger partial charge in [0.05, 0.1) is 12.5 Å². The minimum atomic E-state index is 0. The topological polar surface area (TPSA) is 28.7 Å². The Kier molecular flexibility index (Phi) is 4.61. The summed E-state index contributed by atoms with van der Waals surface area (Å²) in [5.74, 6) is 0. The van der Waals surface area contributed by atoms with Gasteiger partial charge in [-0.1, -0.05) is 0 Å². The first-order valence-corrected chi connectivity index (χ1v) is 2.82. The van der Waals surface area contributed by atoms with Gasteiger partial charge >= 0.3 is 29.6 Å². The third-order valence-corrected chi connectivity index (χ3v) is 1.16. The Morgan fingerprint density at radius 3 is 2.67 bits per heavy atom. The number of nitrogens with zero attached hydrogens (tertiary/aromatic N) is 1. The second-order valence-electron chi connectivity index (χ2n) is 1.25. The molecule has 5 heteroatoms. The fraction of sp³-hybridized carbons (Fsp3) is 0. The van der Waals surface area contributed by atoms with E-state index in [-0.39, 0.29) is 29.6 Å². The van der Waals surface area contributed by atoms with E-state index in [0.29, 0.717) is 4.20 Å². The van der Waals surface area contributed by atoms with E-state index >= 15 is 0 Å². The maximum atomic E-state index is 4.66. The number of aromatic nitrogens is 2. The number of aromatic amines is 1. The molecule has 0 radical (unpaired) electrons. The Morgan fingerprint density at radius 1 is 1.78 bits per heavy atom. The van der Waals surface area contributed by atoms with Crippen LogP contribution in [0.1, 0.15) is 5.69 Å². The molecule has 0 aromatic carbocycles. The molecule has 0 bridgehead atoms. The van der Waals surface area contributed by atoms with Crippen LogP contribution in [0.3, 0.4) is 0 Å². The normalized spacial score (nSPS) is 8.00. The fourth-order valence-corrected chi connectivity index (χ4v) is 0.591. The van der Waals surface area contributed by atoms with Crippen molar-refractivity contribution in [3.05, 3.63) is 18.2 Å². The third kappa shape index (κ3) is 2.73. The summed E-state index contributed by atoms with van der Waals surface area (Å²) in [6.07, 6.45) is 3.16. The molecule has 1 N–H and O–H groups in total. The largest absolute Gasteiger partial charge is 1.00 e. The monoisotopic (exact) mass is 166 g/mol. The smallest absolute Gasteiger partial charge is 0.427 e. The van der Waals surface area contributed by atoms with E-state index < -0.39 is 0 Å². The third-order valence-electron chi connectivity index (χ3n) is 0.718. The summed E-state index contributed by atoms with van der Waals surface area (Å²) >= 11 is 9.32. The summed E-state index contributed by atoms with van der Waals surface area (Å²) < 4.78 is 0.433. The van der Waals surface area contributed by atoms with E-state index in [1.807, 2.05) is 0 Å². The second kappa shape index (κ2) is 4.35. The van der Waals surface area contributed by atoms with Crippen LogP contribution >= 0.6 is 12.2 Å². The molecule has 0 aliphatic carbocycles. The van der Waals surface area contributed by atoms with Crippen LogP contribution in [0.25, 0.3) is 0 Å². The Labute approximate surface area is 86.2 Å². The molecule has 0 fully saturated rings. The molecule has 42 valence electrons. The van der Waals surface area contributed by atoms with Crippen LogP contribution in [0, 0.1) is 0 Å². The van der Waals surface area contributed by atoms with Gasteiger partial charge < -0.3 is 29.8 Å². The number of hydrogen-bond donors (Lipinski definition) is 1. The van der Waals surface area contributed by atoms with Gasteiger partial charge in [0, 0.05) is 5.69 Å². The van der Waals surface area contributed by atoms with Gasteiger partial charge in [-0.05, 0) is 0 Å². The first-order chi connectivity index (χ1) is 3.80. The molecule has 1 rings (SSSR count). The molecule has 1 aromatic rings. The summed E-state index contributed by atoms with van der Waals surface area (Å²) in [7, 11) is 0. The Morgan fingerprint density at radius 2 is 2.44 bits per heavy atom. The van der Waals surface area contributed by atoms with Crippen molar-refractivity contribution >= 4 is 29.0 Å². The molecule has 0 saturated carbocycles. The summed E-state index contributed by atoms with van der Waals surface area (Å²) in [4.78, 5) is 6.51. The van der Waals surface area contributed by atoms with Crippen molar-refractivity contribution in [3.63, 3.8) is 0 Å². The van der Waals surface area contributed by atoms with Gasteiger partial charge in [-0.15, -0.1) is 4.20 Å². The van der Waals surface area contributed by atoms with E-state index in [1.54, 1.807) is 12.5 Å². The van der Waals surface area contributed by atoms with Gasteiger partial charge in [-0.25, -0.2) is 4.98 Å². The van der Waals surface area contributed by atoms with E-state index in [4.69, 9.17) is 0 Å². The zero-order valence-electron chi connectivity index (χ0n) is 4.92. The molecular formula is C4H3N2NaS2. The van der Waals surface area contributed by atoms with Crippen molar-refractivity contribution in [1.82, 2.24) is 9.97 Å². The van der Waals surface area contributed by atoms with Crippen molar-refractivity contribution < 1.29 is 29.6 Å². The van der Waals surface area contributed by atoms with Crippen LogP contribution < -0.4 is 29.6 Å². The molecule has 0 unspecified atom stereocenters. The molecular weight excluding hydrogens is 163 g/mol. The Hall–Kier alpha value is 0.520. The first-order valence-electron chi connectivity index (χ1n) is 2.00. The van der Waals surface area contributed by atoms with E-state index in [9.17, 15) is 0 Å². The number of rotatable bonds is 1. The van der Waals surface area contributed by atoms with Gasteiger partial charge in [-0.3, -0.25) is 0 Å². The molecule has 0 amide bonds. The predicted molar refractivity (Wildman–Crippen MR) is 37.7 cm³/mol. The number of thiocarbonyl (C=S) groups is 1. The number of nitrogens with one attached hydrogen (secondary N) is 1. The quantitative estimate of drug-likeness (QED) is 0.287. The standard InChI is InChI=1S/C4H4N2S2.Na/c7-4(8)3-1-5-2-6-3;/h1-2H,(H,5,6)(H,7,8);/q;+1/p-1. The average molecular weight is 166 g/mol. The van der Waals surface area contributed by atoms with Gasteiger partial charge in [0.25, 0.3) is 0 Å². The van der Waals surface area contributed by atoms with Gasteiger partial charge in [-0.2, -0.15) is 0 Å². The molecule has 0 saturated heterocycles. The summed E-state index contributed by atoms with van der Waals surface area (Å²) in [5.41, 5.74) is 0.745. The number of imidazole rings is 1.